The van der Waals surface area contributed by atoms with Gasteiger partial charge in [0.05, 0.1) is 18.8 Å². The molecule has 3 heterocycles. The first-order valence-corrected chi connectivity index (χ1v) is 13.0. The summed E-state index contributed by atoms with van der Waals surface area (Å²) in [6.07, 6.45) is -17.6. The summed E-state index contributed by atoms with van der Waals surface area (Å²) in [6, 6.07) is 5.51. The lowest BCUT2D eigenvalue weighted by Gasteiger charge is -2.46. The molecule has 43 heavy (non-hydrogen) atoms. The van der Waals surface area contributed by atoms with Crippen molar-refractivity contribution in [3.63, 3.8) is 0 Å². The van der Waals surface area contributed by atoms with Gasteiger partial charge in [-0.1, -0.05) is 0 Å². The summed E-state index contributed by atoms with van der Waals surface area (Å²) < 4.78 is 22.3. The molecule has 0 bridgehead atoms. The summed E-state index contributed by atoms with van der Waals surface area (Å²) in [4.78, 5) is 13.2. The Morgan fingerprint density at radius 1 is 0.721 bits per heavy atom. The van der Waals surface area contributed by atoms with Crippen LogP contribution in [-0.4, -0.2) is 125 Å². The van der Waals surface area contributed by atoms with Crippen LogP contribution in [0.5, 0.6) is 23.0 Å². The van der Waals surface area contributed by atoms with Crippen LogP contribution in [0.15, 0.2) is 39.5 Å². The second-order valence-electron chi connectivity index (χ2n) is 10.3. The molecular formula is C27H30O16. The summed E-state index contributed by atoms with van der Waals surface area (Å²) in [7, 11) is 0. The summed E-state index contributed by atoms with van der Waals surface area (Å²) in [5.41, 5.74) is -1.53. The van der Waals surface area contributed by atoms with E-state index >= 15 is 0 Å². The standard InChI is InChI=1S/C27H30O16/c28-6-15-20(35)23(38)26(43-27-24(39)22(37)19(34)16(7-29)42-27)25(41-15)18-12(33)5-14-17(21(18)36)11(32)4-13(40-14)8-1-2-9(30)10(31)3-8/h1-5,15-16,19-20,22-31,33-39H,6-7H2/t15?,16?,19-,20-,22+,23+,24?,25+,26?,27+/m1/s1. The molecule has 2 saturated heterocycles. The second kappa shape index (κ2) is 11.9. The Morgan fingerprint density at radius 3 is 2.02 bits per heavy atom. The zero-order chi connectivity index (χ0) is 31.3. The van der Waals surface area contributed by atoms with E-state index in [9.17, 15) is 61.0 Å². The minimum absolute atomic E-state index is 0.101. The number of phenolic OH excluding ortho intramolecular Hbond substituents is 4. The van der Waals surface area contributed by atoms with Gasteiger partial charge in [0.1, 0.15) is 83.2 Å². The number of ether oxygens (including phenoxy) is 3. The van der Waals surface area contributed by atoms with Crippen molar-refractivity contribution in [2.45, 2.75) is 61.2 Å². The maximum atomic E-state index is 13.2. The zero-order valence-electron chi connectivity index (χ0n) is 22.0. The van der Waals surface area contributed by atoms with Gasteiger partial charge in [-0.05, 0) is 18.2 Å². The van der Waals surface area contributed by atoms with Crippen molar-refractivity contribution in [2.24, 2.45) is 0 Å². The van der Waals surface area contributed by atoms with Crippen molar-refractivity contribution < 1.29 is 74.8 Å². The molecule has 0 amide bonds. The fourth-order valence-electron chi connectivity index (χ4n) is 5.21. The predicted molar refractivity (Wildman–Crippen MR) is 140 cm³/mol. The van der Waals surface area contributed by atoms with Gasteiger partial charge in [-0.25, -0.2) is 0 Å². The lowest BCUT2D eigenvalue weighted by Crippen LogP contribution is -2.62. The van der Waals surface area contributed by atoms with E-state index in [1.54, 1.807) is 0 Å². The van der Waals surface area contributed by atoms with E-state index in [1.165, 1.54) is 6.07 Å². The normalized spacial score (nSPS) is 33.1. The topological polar surface area (TPSA) is 280 Å². The Morgan fingerprint density at radius 2 is 1.37 bits per heavy atom. The molecule has 2 aliphatic heterocycles. The smallest absolute Gasteiger partial charge is 0.197 e. The number of phenols is 4. The molecule has 2 fully saturated rings. The third-order valence-corrected chi connectivity index (χ3v) is 7.56. The molecular weight excluding hydrogens is 580 g/mol. The quantitative estimate of drug-likeness (QED) is 0.130. The summed E-state index contributed by atoms with van der Waals surface area (Å²) in [6.45, 7) is -1.65. The van der Waals surface area contributed by atoms with Crippen molar-refractivity contribution in [3.05, 3.63) is 46.1 Å². The number of hydrogen-bond acceptors (Lipinski definition) is 16. The van der Waals surface area contributed by atoms with Crippen molar-refractivity contribution in [1.82, 2.24) is 0 Å². The Balaban J connectivity index is 1.59. The first-order chi connectivity index (χ1) is 20.4. The number of aliphatic hydroxyl groups excluding tert-OH is 7. The van der Waals surface area contributed by atoms with E-state index in [1.807, 2.05) is 0 Å². The van der Waals surface area contributed by atoms with Gasteiger partial charge in [0, 0.05) is 17.7 Å². The van der Waals surface area contributed by atoms with E-state index in [0.717, 1.165) is 24.3 Å². The third kappa shape index (κ3) is 5.38. The highest BCUT2D eigenvalue weighted by atomic mass is 16.7. The molecule has 11 N–H and O–H groups in total. The summed E-state index contributed by atoms with van der Waals surface area (Å²) in [5.74, 6) is -2.67. The Labute approximate surface area is 241 Å². The van der Waals surface area contributed by atoms with E-state index < -0.39 is 114 Å². The van der Waals surface area contributed by atoms with Gasteiger partial charge in [-0.3, -0.25) is 4.79 Å². The van der Waals surface area contributed by atoms with Gasteiger partial charge in [0.25, 0.3) is 0 Å². The number of aromatic hydroxyl groups is 4. The average Bonchev–Trinajstić information content (AvgIpc) is 2.97. The van der Waals surface area contributed by atoms with Crippen molar-refractivity contribution in [2.75, 3.05) is 13.2 Å². The van der Waals surface area contributed by atoms with Crippen molar-refractivity contribution >= 4 is 11.0 Å². The molecule has 234 valence electrons. The molecule has 0 spiro atoms. The first-order valence-electron chi connectivity index (χ1n) is 13.0. The monoisotopic (exact) mass is 610 g/mol. The highest BCUT2D eigenvalue weighted by Gasteiger charge is 2.52. The maximum Gasteiger partial charge on any atom is 0.197 e. The lowest BCUT2D eigenvalue weighted by molar-refractivity contribution is -0.342. The SMILES string of the molecule is O=c1cc(-c2ccc(O)c(O)c2)oc2cc(O)c([C@@H]3OC(CO)[C@@H](O)[C@H](O)C3O[C@@H]3OC(CO)[C@@H](O)[C@H](O)C3O)c(O)c12. The Kier molecular flexibility index (Phi) is 8.52. The van der Waals surface area contributed by atoms with Crippen molar-refractivity contribution in [1.29, 1.82) is 0 Å². The van der Waals surface area contributed by atoms with Gasteiger partial charge in [0.15, 0.2) is 23.2 Å². The molecule has 0 radical (unpaired) electrons. The highest BCUT2D eigenvalue weighted by molar-refractivity contribution is 5.88. The highest BCUT2D eigenvalue weighted by Crippen LogP contribution is 2.46. The minimum atomic E-state index is -1.95. The van der Waals surface area contributed by atoms with Gasteiger partial charge in [-0.15, -0.1) is 0 Å². The number of rotatable bonds is 6. The van der Waals surface area contributed by atoms with E-state index in [0.29, 0.717) is 0 Å². The predicted octanol–water partition coefficient (Wildman–Crippen LogP) is -2.38. The van der Waals surface area contributed by atoms with Gasteiger partial charge < -0.3 is 74.8 Å². The zero-order valence-corrected chi connectivity index (χ0v) is 22.0. The number of benzene rings is 2. The van der Waals surface area contributed by atoms with Crippen LogP contribution >= 0.6 is 0 Å². The molecule has 16 heteroatoms. The van der Waals surface area contributed by atoms with E-state index in [-0.39, 0.29) is 16.9 Å². The molecule has 0 saturated carbocycles. The number of fused-ring (bicyclic) bond motifs is 1. The van der Waals surface area contributed by atoms with Crippen LogP contribution in [0.1, 0.15) is 11.7 Å². The molecule has 4 unspecified atom stereocenters. The fraction of sp³-hybridized carbons (Fsp3) is 0.444. The summed E-state index contributed by atoms with van der Waals surface area (Å²) >= 11 is 0. The molecule has 1 aromatic heterocycles. The molecule has 16 nitrogen and oxygen atoms in total. The van der Waals surface area contributed by atoms with Crippen molar-refractivity contribution in [3.8, 4) is 34.3 Å². The number of aliphatic hydroxyl groups is 7. The number of hydrogen-bond donors (Lipinski definition) is 11. The maximum absolute atomic E-state index is 13.2. The molecule has 2 aromatic carbocycles. The molecule has 10 atom stereocenters. The Bertz CT molecular complexity index is 1540. The van der Waals surface area contributed by atoms with E-state index in [2.05, 4.69) is 0 Å². The Hall–Kier alpha value is -3.55. The minimum Gasteiger partial charge on any atom is -0.507 e. The van der Waals surface area contributed by atoms with E-state index in [4.69, 9.17) is 18.6 Å². The third-order valence-electron chi connectivity index (χ3n) is 7.56. The van der Waals surface area contributed by atoms with Gasteiger partial charge in [-0.2, -0.15) is 0 Å². The molecule has 5 rings (SSSR count). The van der Waals surface area contributed by atoms with Crippen LogP contribution in [-0.2, 0) is 14.2 Å². The lowest BCUT2D eigenvalue weighted by atomic mass is 9.89. The largest absolute Gasteiger partial charge is 0.507 e. The van der Waals surface area contributed by atoms with Crippen LogP contribution in [0.2, 0.25) is 0 Å². The van der Waals surface area contributed by atoms with Crippen LogP contribution in [0.3, 0.4) is 0 Å². The fourth-order valence-corrected chi connectivity index (χ4v) is 5.21. The average molecular weight is 611 g/mol. The second-order valence-corrected chi connectivity index (χ2v) is 10.3. The molecule has 3 aromatic rings. The molecule has 0 aliphatic carbocycles. The molecule has 2 aliphatic rings. The first kappa shape index (κ1) is 30.9. The van der Waals surface area contributed by atoms with Gasteiger partial charge >= 0.3 is 0 Å². The van der Waals surface area contributed by atoms with Crippen LogP contribution in [0.4, 0.5) is 0 Å². The van der Waals surface area contributed by atoms with Crippen LogP contribution in [0, 0.1) is 0 Å². The van der Waals surface area contributed by atoms with Gasteiger partial charge in [0.2, 0.25) is 0 Å². The van der Waals surface area contributed by atoms with Crippen LogP contribution in [0.25, 0.3) is 22.3 Å². The van der Waals surface area contributed by atoms with Crippen LogP contribution < -0.4 is 5.43 Å². The summed E-state index contributed by atoms with van der Waals surface area (Å²) in [5, 5.41) is 113.